The van der Waals surface area contributed by atoms with Crippen LogP contribution >= 0.6 is 12.2 Å². The highest BCUT2D eigenvalue weighted by molar-refractivity contribution is 7.80. The third-order valence-corrected chi connectivity index (χ3v) is 3.31. The van der Waals surface area contributed by atoms with Crippen LogP contribution in [0.25, 0.3) is 0 Å². The van der Waals surface area contributed by atoms with E-state index in [-0.39, 0.29) is 11.4 Å². The minimum Gasteiger partial charge on any atom is -0.490 e. The van der Waals surface area contributed by atoms with Gasteiger partial charge in [0.2, 0.25) is 0 Å². The monoisotopic (exact) mass is 344 g/mol. The van der Waals surface area contributed by atoms with Crippen molar-refractivity contribution >= 4 is 29.2 Å². The number of thiocarbonyl (C=S) groups is 1. The van der Waals surface area contributed by atoms with E-state index in [1.54, 1.807) is 6.07 Å². The van der Waals surface area contributed by atoms with E-state index in [0.29, 0.717) is 17.2 Å². The second kappa shape index (κ2) is 8.59. The van der Waals surface area contributed by atoms with E-state index < -0.39 is 4.92 Å². The first kappa shape index (κ1) is 17.4. The zero-order chi connectivity index (χ0) is 17.4. The lowest BCUT2D eigenvalue weighted by Gasteiger charge is -2.06. The van der Waals surface area contributed by atoms with Gasteiger partial charge in [-0.15, -0.1) is 0 Å². The average Bonchev–Trinajstić information content (AvgIpc) is 2.60. The van der Waals surface area contributed by atoms with Crippen molar-refractivity contribution in [3.8, 4) is 5.75 Å². The number of nitrogens with one attached hydrogen (secondary N) is 2. The van der Waals surface area contributed by atoms with Gasteiger partial charge in [0.1, 0.15) is 0 Å². The molecule has 0 aromatic heterocycles. The largest absolute Gasteiger partial charge is 0.490 e. The van der Waals surface area contributed by atoms with Gasteiger partial charge in [-0.1, -0.05) is 30.3 Å². The third-order valence-electron chi connectivity index (χ3n) is 3.08. The Bertz CT molecular complexity index is 750. The summed E-state index contributed by atoms with van der Waals surface area (Å²) in [5, 5.41) is 18.3. The quantitative estimate of drug-likeness (QED) is 0.362. The maximum Gasteiger partial charge on any atom is 0.311 e. The summed E-state index contributed by atoms with van der Waals surface area (Å²) < 4.78 is 4.95. The zero-order valence-electron chi connectivity index (χ0n) is 12.9. The number of hydrogen-bond acceptors (Lipinski definition) is 5. The first-order valence-corrected chi connectivity index (χ1v) is 7.44. The molecule has 2 aromatic rings. The molecule has 2 aromatic carbocycles. The fourth-order valence-corrected chi connectivity index (χ4v) is 2.04. The highest BCUT2D eigenvalue weighted by Gasteiger charge is 2.14. The number of benzene rings is 2. The maximum absolute atomic E-state index is 11.0. The lowest BCUT2D eigenvalue weighted by molar-refractivity contribution is -0.385. The fourth-order valence-electron chi connectivity index (χ4n) is 1.91. The Balaban J connectivity index is 1.90. The Kier molecular flexibility index (Phi) is 6.21. The van der Waals surface area contributed by atoms with Crippen molar-refractivity contribution in [1.82, 2.24) is 10.7 Å². The Labute approximate surface area is 144 Å². The molecule has 0 aliphatic carbocycles. The molecule has 24 heavy (non-hydrogen) atoms. The number of hydrogen-bond donors (Lipinski definition) is 2. The van der Waals surface area contributed by atoms with E-state index in [2.05, 4.69) is 15.8 Å². The molecular weight excluding hydrogens is 328 g/mol. The minimum absolute atomic E-state index is 0.119. The normalized spacial score (nSPS) is 10.4. The van der Waals surface area contributed by atoms with Crippen molar-refractivity contribution in [2.75, 3.05) is 7.11 Å². The molecule has 0 saturated carbocycles. The Morgan fingerprint density at radius 3 is 2.75 bits per heavy atom. The van der Waals surface area contributed by atoms with Crippen molar-refractivity contribution in [1.29, 1.82) is 0 Å². The van der Waals surface area contributed by atoms with Crippen LogP contribution in [0.1, 0.15) is 11.1 Å². The lowest BCUT2D eigenvalue weighted by Crippen LogP contribution is -2.31. The van der Waals surface area contributed by atoms with Gasteiger partial charge in [0.25, 0.3) is 0 Å². The van der Waals surface area contributed by atoms with E-state index in [1.807, 2.05) is 30.3 Å². The molecule has 0 bridgehead atoms. The summed E-state index contributed by atoms with van der Waals surface area (Å²) in [6.07, 6.45) is 1.45. The second-order valence-electron chi connectivity index (χ2n) is 4.73. The molecule has 0 atom stereocenters. The molecule has 0 unspecified atom stereocenters. The standard InChI is InChI=1S/C16H16N4O3S/c1-23-15-8-7-13(9-14(15)20(21)22)11-18-19-16(24)17-10-12-5-3-2-4-6-12/h2-9,11H,10H2,1H3,(H2,17,19,24)/b18-11-. The lowest BCUT2D eigenvalue weighted by atomic mass is 10.2. The molecule has 0 amide bonds. The Hall–Kier alpha value is -3.00. The second-order valence-corrected chi connectivity index (χ2v) is 5.13. The number of nitro groups is 1. The van der Waals surface area contributed by atoms with Crippen LogP contribution in [0.4, 0.5) is 5.69 Å². The highest BCUT2D eigenvalue weighted by Crippen LogP contribution is 2.26. The molecular formula is C16H16N4O3S. The van der Waals surface area contributed by atoms with Crippen LogP contribution in [-0.2, 0) is 6.54 Å². The average molecular weight is 344 g/mol. The van der Waals surface area contributed by atoms with Crippen LogP contribution < -0.4 is 15.5 Å². The van der Waals surface area contributed by atoms with E-state index in [1.165, 1.54) is 25.5 Å². The summed E-state index contributed by atoms with van der Waals surface area (Å²) in [4.78, 5) is 10.5. The number of nitro benzene ring substituents is 1. The Morgan fingerprint density at radius 1 is 1.33 bits per heavy atom. The molecule has 0 saturated heterocycles. The number of nitrogens with zero attached hydrogens (tertiary/aromatic N) is 2. The molecule has 2 N–H and O–H groups in total. The van der Waals surface area contributed by atoms with Crippen LogP contribution in [0.3, 0.4) is 0 Å². The van der Waals surface area contributed by atoms with E-state index in [4.69, 9.17) is 17.0 Å². The maximum atomic E-state index is 11.0. The van der Waals surface area contributed by atoms with Gasteiger partial charge in [0, 0.05) is 18.2 Å². The van der Waals surface area contributed by atoms with Crippen molar-refractivity contribution in [2.24, 2.45) is 5.10 Å². The summed E-state index contributed by atoms with van der Waals surface area (Å²) >= 11 is 5.11. The predicted octanol–water partition coefficient (Wildman–Crippen LogP) is 2.60. The van der Waals surface area contributed by atoms with Crippen molar-refractivity contribution in [3.63, 3.8) is 0 Å². The van der Waals surface area contributed by atoms with Crippen LogP contribution in [-0.4, -0.2) is 23.4 Å². The van der Waals surface area contributed by atoms with E-state index >= 15 is 0 Å². The van der Waals surface area contributed by atoms with Crippen molar-refractivity contribution in [2.45, 2.75) is 6.54 Å². The van der Waals surface area contributed by atoms with Crippen LogP contribution in [0, 0.1) is 10.1 Å². The molecule has 8 heteroatoms. The minimum atomic E-state index is -0.504. The molecule has 7 nitrogen and oxygen atoms in total. The first-order valence-electron chi connectivity index (χ1n) is 7.03. The highest BCUT2D eigenvalue weighted by atomic mass is 32.1. The smallest absolute Gasteiger partial charge is 0.311 e. The van der Waals surface area contributed by atoms with Gasteiger partial charge in [0.15, 0.2) is 10.9 Å². The third kappa shape index (κ3) is 5.03. The molecule has 0 aliphatic heterocycles. The van der Waals surface area contributed by atoms with Crippen molar-refractivity contribution in [3.05, 3.63) is 69.8 Å². The van der Waals surface area contributed by atoms with Gasteiger partial charge in [-0.2, -0.15) is 5.10 Å². The number of methoxy groups -OCH3 is 1. The predicted molar refractivity (Wildman–Crippen MR) is 96.3 cm³/mol. The number of rotatable bonds is 6. The van der Waals surface area contributed by atoms with Gasteiger partial charge in [-0.3, -0.25) is 15.5 Å². The van der Waals surface area contributed by atoms with Gasteiger partial charge in [-0.05, 0) is 29.9 Å². The summed E-state index contributed by atoms with van der Waals surface area (Å²) in [6.45, 7) is 0.580. The SMILES string of the molecule is COc1ccc(/C=N\NC(=S)NCc2ccccc2)cc1[N+](=O)[O-]. The summed E-state index contributed by atoms with van der Waals surface area (Å²) in [5.74, 6) is 0.199. The molecule has 0 spiro atoms. The first-order chi connectivity index (χ1) is 11.6. The van der Waals surface area contributed by atoms with Crippen LogP contribution in [0.5, 0.6) is 5.75 Å². The molecule has 0 fully saturated rings. The van der Waals surface area contributed by atoms with Gasteiger partial charge in [0.05, 0.1) is 18.2 Å². The van der Waals surface area contributed by atoms with Gasteiger partial charge in [-0.25, -0.2) is 0 Å². The zero-order valence-corrected chi connectivity index (χ0v) is 13.7. The van der Waals surface area contributed by atoms with Gasteiger partial charge < -0.3 is 10.1 Å². The summed E-state index contributed by atoms with van der Waals surface area (Å²) in [6, 6.07) is 14.4. The molecule has 0 heterocycles. The topological polar surface area (TPSA) is 88.8 Å². The number of ether oxygens (including phenoxy) is 1. The molecule has 124 valence electrons. The number of hydrazone groups is 1. The van der Waals surface area contributed by atoms with E-state index in [9.17, 15) is 10.1 Å². The van der Waals surface area contributed by atoms with Crippen LogP contribution in [0.15, 0.2) is 53.6 Å². The Morgan fingerprint density at radius 2 is 2.08 bits per heavy atom. The molecule has 0 radical (unpaired) electrons. The fraction of sp³-hybridized carbons (Fsp3) is 0.125. The van der Waals surface area contributed by atoms with E-state index in [0.717, 1.165) is 5.56 Å². The summed E-state index contributed by atoms with van der Waals surface area (Å²) in [7, 11) is 1.38. The van der Waals surface area contributed by atoms with Gasteiger partial charge >= 0.3 is 5.69 Å². The molecule has 0 aliphatic rings. The summed E-state index contributed by atoms with van der Waals surface area (Å²) in [5.41, 5.74) is 4.20. The molecule has 2 rings (SSSR count). The van der Waals surface area contributed by atoms with Crippen LogP contribution in [0.2, 0.25) is 0 Å². The van der Waals surface area contributed by atoms with Crippen molar-refractivity contribution < 1.29 is 9.66 Å².